The van der Waals surface area contributed by atoms with E-state index in [9.17, 15) is 18.0 Å². The Labute approximate surface area is 213 Å². The molecule has 202 valence electrons. The van der Waals surface area contributed by atoms with Gasteiger partial charge in [0.25, 0.3) is 12.3 Å². The molecular weight excluding hydrogens is 493 g/mol. The summed E-state index contributed by atoms with van der Waals surface area (Å²) in [5.41, 5.74) is 2.26. The standard InChI is InChI=1S/C25H31F3N4O5/c1-17-7-9-18(10-8-17)16-32-21(23(34)30-11-13-35-14-12-33)22(29-2)31(3)24(32)36-19-5-4-6-20(15-19)37-25(26,27)28/h4-10,15,24,29,33H,11-14,16H2,1-3H3,(H,30,34). The van der Waals surface area contributed by atoms with Crippen LogP contribution < -0.4 is 20.1 Å². The molecule has 12 heteroatoms. The molecule has 0 aliphatic carbocycles. The highest BCUT2D eigenvalue weighted by atomic mass is 19.4. The monoisotopic (exact) mass is 524 g/mol. The van der Waals surface area contributed by atoms with E-state index in [-0.39, 0.29) is 38.7 Å². The first kappa shape index (κ1) is 27.9. The number of nitrogens with zero attached hydrogens (tertiary/aromatic N) is 2. The third kappa shape index (κ3) is 7.67. The third-order valence-corrected chi connectivity index (χ3v) is 5.44. The van der Waals surface area contributed by atoms with Crippen LogP contribution >= 0.6 is 0 Å². The minimum Gasteiger partial charge on any atom is -0.452 e. The highest BCUT2D eigenvalue weighted by Crippen LogP contribution is 2.32. The van der Waals surface area contributed by atoms with Gasteiger partial charge >= 0.3 is 6.36 Å². The second kappa shape index (κ2) is 12.5. The molecule has 1 atom stereocenters. The van der Waals surface area contributed by atoms with Crippen molar-refractivity contribution in [1.29, 1.82) is 0 Å². The molecule has 0 bridgehead atoms. The number of hydrogen-bond acceptors (Lipinski definition) is 8. The molecule has 9 nitrogen and oxygen atoms in total. The zero-order valence-electron chi connectivity index (χ0n) is 20.8. The van der Waals surface area contributed by atoms with E-state index in [2.05, 4.69) is 15.4 Å². The Bertz CT molecular complexity index is 1080. The Balaban J connectivity index is 1.88. The molecule has 2 aromatic rings. The summed E-state index contributed by atoms with van der Waals surface area (Å²) in [4.78, 5) is 16.7. The van der Waals surface area contributed by atoms with Crippen molar-refractivity contribution in [1.82, 2.24) is 20.4 Å². The van der Waals surface area contributed by atoms with Crippen LogP contribution in [0.2, 0.25) is 0 Å². The Morgan fingerprint density at radius 1 is 1.11 bits per heavy atom. The molecule has 1 aliphatic heterocycles. The van der Waals surface area contributed by atoms with Crippen LogP contribution in [0.25, 0.3) is 0 Å². The molecule has 0 spiro atoms. The van der Waals surface area contributed by atoms with Gasteiger partial charge in [-0.2, -0.15) is 0 Å². The molecule has 1 aliphatic rings. The largest absolute Gasteiger partial charge is 0.573 e. The van der Waals surface area contributed by atoms with Crippen molar-refractivity contribution in [3.8, 4) is 11.5 Å². The maximum absolute atomic E-state index is 13.3. The van der Waals surface area contributed by atoms with Gasteiger partial charge in [-0.3, -0.25) is 4.79 Å². The lowest BCUT2D eigenvalue weighted by Crippen LogP contribution is -2.45. The molecule has 2 aromatic carbocycles. The second-order valence-corrected chi connectivity index (χ2v) is 8.23. The van der Waals surface area contributed by atoms with E-state index < -0.39 is 24.4 Å². The summed E-state index contributed by atoms with van der Waals surface area (Å²) < 4.78 is 53.5. The van der Waals surface area contributed by atoms with Gasteiger partial charge in [0.2, 0.25) is 0 Å². The van der Waals surface area contributed by atoms with E-state index >= 15 is 0 Å². The molecule has 0 radical (unpaired) electrons. The molecule has 0 aromatic heterocycles. The average Bonchev–Trinajstić information content (AvgIpc) is 3.10. The van der Waals surface area contributed by atoms with Crippen molar-refractivity contribution in [2.45, 2.75) is 26.2 Å². The van der Waals surface area contributed by atoms with Gasteiger partial charge in [-0.25, -0.2) is 0 Å². The minimum atomic E-state index is -4.84. The van der Waals surface area contributed by atoms with Gasteiger partial charge in [-0.05, 0) is 24.6 Å². The van der Waals surface area contributed by atoms with E-state index in [0.717, 1.165) is 17.2 Å². The fourth-order valence-corrected chi connectivity index (χ4v) is 3.81. The van der Waals surface area contributed by atoms with Gasteiger partial charge in [0.15, 0.2) is 0 Å². The predicted molar refractivity (Wildman–Crippen MR) is 129 cm³/mol. The maximum atomic E-state index is 13.3. The van der Waals surface area contributed by atoms with E-state index in [0.29, 0.717) is 11.5 Å². The molecule has 0 saturated heterocycles. The molecule has 0 fully saturated rings. The number of halogens is 3. The van der Waals surface area contributed by atoms with E-state index in [1.54, 1.807) is 23.9 Å². The average molecular weight is 525 g/mol. The predicted octanol–water partition coefficient (Wildman–Crippen LogP) is 2.52. The number of rotatable bonds is 12. The number of ether oxygens (including phenoxy) is 3. The number of aryl methyl sites for hydroxylation is 1. The summed E-state index contributed by atoms with van der Waals surface area (Å²) in [6, 6.07) is 13.0. The summed E-state index contributed by atoms with van der Waals surface area (Å²) in [6.07, 6.45) is -5.70. The van der Waals surface area contributed by atoms with Crippen LogP contribution in [0.15, 0.2) is 60.0 Å². The highest BCUT2D eigenvalue weighted by Gasteiger charge is 2.41. The number of hydrogen-bond donors (Lipinski definition) is 3. The van der Waals surface area contributed by atoms with Crippen molar-refractivity contribution in [2.75, 3.05) is 40.5 Å². The SMILES string of the molecule is CNC1=C(C(=O)NCCOCCO)N(Cc2ccc(C)cc2)C(Oc2cccc(OC(F)(F)F)c2)N1C. The first-order valence-electron chi connectivity index (χ1n) is 11.6. The Hall–Kier alpha value is -3.64. The van der Waals surface area contributed by atoms with Gasteiger partial charge in [0.05, 0.1) is 19.8 Å². The zero-order chi connectivity index (χ0) is 27.0. The first-order valence-corrected chi connectivity index (χ1v) is 11.6. The highest BCUT2D eigenvalue weighted by molar-refractivity contribution is 5.94. The number of amides is 1. The molecule has 0 saturated carbocycles. The number of aliphatic hydroxyl groups excluding tert-OH is 1. The van der Waals surface area contributed by atoms with E-state index in [1.165, 1.54) is 18.2 Å². The number of nitrogens with one attached hydrogen (secondary N) is 2. The lowest BCUT2D eigenvalue weighted by molar-refractivity contribution is -0.274. The van der Waals surface area contributed by atoms with Crippen LogP contribution in [0.1, 0.15) is 11.1 Å². The summed E-state index contributed by atoms with van der Waals surface area (Å²) in [5, 5.41) is 14.7. The Morgan fingerprint density at radius 3 is 2.46 bits per heavy atom. The molecule has 37 heavy (non-hydrogen) atoms. The summed E-state index contributed by atoms with van der Waals surface area (Å²) in [5.74, 6) is -0.217. The van der Waals surface area contributed by atoms with Crippen molar-refractivity contribution in [3.05, 3.63) is 71.2 Å². The first-order chi connectivity index (χ1) is 17.6. The molecule has 1 heterocycles. The van der Waals surface area contributed by atoms with Gasteiger partial charge in [0, 0.05) is 33.3 Å². The second-order valence-electron chi connectivity index (χ2n) is 8.23. The van der Waals surface area contributed by atoms with Gasteiger partial charge in [-0.1, -0.05) is 35.9 Å². The van der Waals surface area contributed by atoms with Crippen molar-refractivity contribution < 1.29 is 37.3 Å². The number of carbonyl (C=O) groups excluding carboxylic acids is 1. The van der Waals surface area contributed by atoms with Gasteiger partial charge in [-0.15, -0.1) is 13.2 Å². The summed E-state index contributed by atoms with van der Waals surface area (Å²) in [7, 11) is 3.37. The van der Waals surface area contributed by atoms with Crippen LogP contribution in [-0.4, -0.2) is 74.0 Å². The van der Waals surface area contributed by atoms with E-state index in [4.69, 9.17) is 14.6 Å². The minimum absolute atomic E-state index is 0.119. The molecule has 3 N–H and O–H groups in total. The maximum Gasteiger partial charge on any atom is 0.573 e. The summed E-state index contributed by atoms with van der Waals surface area (Å²) in [6.45, 7) is 2.72. The molecule has 1 unspecified atom stereocenters. The van der Waals surface area contributed by atoms with Crippen LogP contribution in [0, 0.1) is 6.92 Å². The Kier molecular flexibility index (Phi) is 9.48. The molecule has 3 rings (SSSR count). The number of alkyl halides is 3. The van der Waals surface area contributed by atoms with Gasteiger partial charge in [0.1, 0.15) is 23.0 Å². The normalized spacial score (nSPS) is 15.7. The number of aliphatic hydroxyl groups is 1. The summed E-state index contributed by atoms with van der Waals surface area (Å²) >= 11 is 0. The smallest absolute Gasteiger partial charge is 0.452 e. The number of carbonyl (C=O) groups is 1. The fourth-order valence-electron chi connectivity index (χ4n) is 3.81. The van der Waals surface area contributed by atoms with Gasteiger partial charge < -0.3 is 39.8 Å². The van der Waals surface area contributed by atoms with Crippen LogP contribution in [0.4, 0.5) is 13.2 Å². The molecule has 1 amide bonds. The van der Waals surface area contributed by atoms with Crippen molar-refractivity contribution >= 4 is 5.91 Å². The lowest BCUT2D eigenvalue weighted by Gasteiger charge is -2.32. The van der Waals surface area contributed by atoms with Crippen molar-refractivity contribution in [2.24, 2.45) is 0 Å². The Morgan fingerprint density at radius 2 is 1.81 bits per heavy atom. The van der Waals surface area contributed by atoms with Crippen LogP contribution in [-0.2, 0) is 16.1 Å². The fraction of sp³-hybridized carbons (Fsp3) is 0.400. The zero-order valence-corrected chi connectivity index (χ0v) is 20.8. The number of benzene rings is 2. The molecular formula is C25H31F3N4O5. The van der Waals surface area contributed by atoms with Crippen molar-refractivity contribution in [3.63, 3.8) is 0 Å². The third-order valence-electron chi connectivity index (χ3n) is 5.44. The van der Waals surface area contributed by atoms with Crippen LogP contribution in [0.5, 0.6) is 11.5 Å². The van der Waals surface area contributed by atoms with E-state index in [1.807, 2.05) is 31.2 Å². The lowest BCUT2D eigenvalue weighted by atomic mass is 10.1. The topological polar surface area (TPSA) is 95.5 Å². The quantitative estimate of drug-likeness (QED) is 0.365. The van der Waals surface area contributed by atoms with Crippen LogP contribution in [0.3, 0.4) is 0 Å².